The summed E-state index contributed by atoms with van der Waals surface area (Å²) < 4.78 is 7.43. The molecule has 0 atom stereocenters. The summed E-state index contributed by atoms with van der Waals surface area (Å²) in [5.41, 5.74) is 3.34. The van der Waals surface area contributed by atoms with Gasteiger partial charge in [-0.2, -0.15) is 0 Å². The van der Waals surface area contributed by atoms with E-state index in [0.29, 0.717) is 0 Å². The molecule has 1 heterocycles. The van der Waals surface area contributed by atoms with Gasteiger partial charge in [-0.1, -0.05) is 24.3 Å². The molecule has 0 saturated heterocycles. The van der Waals surface area contributed by atoms with Gasteiger partial charge in [0.05, 0.1) is 18.1 Å². The second kappa shape index (κ2) is 6.62. The van der Waals surface area contributed by atoms with Crippen LogP contribution < -0.4 is 4.74 Å². The summed E-state index contributed by atoms with van der Waals surface area (Å²) in [6.07, 6.45) is 1.51. The minimum Gasteiger partial charge on any atom is -0.497 e. The van der Waals surface area contributed by atoms with Crippen LogP contribution in [0.2, 0.25) is 0 Å². The first kappa shape index (κ1) is 14.6. The van der Waals surface area contributed by atoms with Crippen LogP contribution >= 0.6 is 0 Å². The van der Waals surface area contributed by atoms with E-state index in [1.54, 1.807) is 7.11 Å². The van der Waals surface area contributed by atoms with Crippen LogP contribution in [0.15, 0.2) is 48.5 Å². The zero-order valence-electron chi connectivity index (χ0n) is 12.7. The van der Waals surface area contributed by atoms with E-state index in [9.17, 15) is 0 Å². The standard InChI is InChI=1S/C18H20N2O2/c1-22-15-10-8-14(9-11-15)13-20-17-6-3-2-5-16(17)19-18(20)7-4-12-21/h2-3,5-6,8-11,21H,4,7,12-13H2,1H3. The Morgan fingerprint density at radius 2 is 1.86 bits per heavy atom. The second-order valence-electron chi connectivity index (χ2n) is 5.28. The molecule has 3 aromatic rings. The predicted molar refractivity (Wildman–Crippen MR) is 87.2 cm³/mol. The van der Waals surface area contributed by atoms with Crippen molar-refractivity contribution in [1.82, 2.24) is 9.55 Å². The Morgan fingerprint density at radius 1 is 1.09 bits per heavy atom. The van der Waals surface area contributed by atoms with E-state index >= 15 is 0 Å². The number of aliphatic hydroxyl groups is 1. The third kappa shape index (κ3) is 2.97. The molecule has 0 radical (unpaired) electrons. The minimum absolute atomic E-state index is 0.186. The fourth-order valence-corrected chi connectivity index (χ4v) is 2.64. The molecule has 22 heavy (non-hydrogen) atoms. The summed E-state index contributed by atoms with van der Waals surface area (Å²) in [5.74, 6) is 1.88. The van der Waals surface area contributed by atoms with Gasteiger partial charge in [-0.25, -0.2) is 4.98 Å². The summed E-state index contributed by atoms with van der Waals surface area (Å²) in [6, 6.07) is 16.3. The van der Waals surface area contributed by atoms with Gasteiger partial charge in [0.1, 0.15) is 11.6 Å². The second-order valence-corrected chi connectivity index (χ2v) is 5.28. The minimum atomic E-state index is 0.186. The molecule has 0 fully saturated rings. The number of methoxy groups -OCH3 is 1. The topological polar surface area (TPSA) is 47.3 Å². The molecule has 1 aromatic heterocycles. The van der Waals surface area contributed by atoms with E-state index in [1.165, 1.54) is 5.56 Å². The van der Waals surface area contributed by atoms with Crippen LogP contribution in [-0.2, 0) is 13.0 Å². The van der Waals surface area contributed by atoms with Gasteiger partial charge in [-0.15, -0.1) is 0 Å². The largest absolute Gasteiger partial charge is 0.497 e. The van der Waals surface area contributed by atoms with Crippen LogP contribution in [0.1, 0.15) is 17.8 Å². The highest BCUT2D eigenvalue weighted by Gasteiger charge is 2.10. The van der Waals surface area contributed by atoms with E-state index in [1.807, 2.05) is 30.3 Å². The third-order valence-corrected chi connectivity index (χ3v) is 3.79. The summed E-state index contributed by atoms with van der Waals surface area (Å²) in [5, 5.41) is 9.09. The lowest BCUT2D eigenvalue weighted by atomic mass is 10.2. The number of ether oxygens (including phenoxy) is 1. The Balaban J connectivity index is 1.95. The number of imidazole rings is 1. The van der Waals surface area contributed by atoms with Gasteiger partial charge in [0.2, 0.25) is 0 Å². The quantitative estimate of drug-likeness (QED) is 0.760. The maximum Gasteiger partial charge on any atom is 0.118 e. The molecular formula is C18H20N2O2. The smallest absolute Gasteiger partial charge is 0.118 e. The van der Waals surface area contributed by atoms with Gasteiger partial charge in [0.15, 0.2) is 0 Å². The van der Waals surface area contributed by atoms with E-state index in [0.717, 1.165) is 42.0 Å². The fraction of sp³-hybridized carbons (Fsp3) is 0.278. The molecule has 4 nitrogen and oxygen atoms in total. The molecule has 2 aromatic carbocycles. The lowest BCUT2D eigenvalue weighted by Crippen LogP contribution is -2.06. The van der Waals surface area contributed by atoms with Crippen molar-refractivity contribution in [2.75, 3.05) is 13.7 Å². The number of fused-ring (bicyclic) bond motifs is 1. The first-order valence-corrected chi connectivity index (χ1v) is 7.50. The van der Waals surface area contributed by atoms with Crippen molar-refractivity contribution in [1.29, 1.82) is 0 Å². The van der Waals surface area contributed by atoms with Crippen molar-refractivity contribution in [3.8, 4) is 5.75 Å². The van der Waals surface area contributed by atoms with Gasteiger partial charge < -0.3 is 14.4 Å². The maximum absolute atomic E-state index is 9.09. The van der Waals surface area contributed by atoms with Crippen LogP contribution in [0.3, 0.4) is 0 Å². The van der Waals surface area contributed by atoms with Gasteiger partial charge in [0, 0.05) is 19.6 Å². The first-order valence-electron chi connectivity index (χ1n) is 7.50. The highest BCUT2D eigenvalue weighted by molar-refractivity contribution is 5.76. The number of aliphatic hydroxyl groups excluding tert-OH is 1. The Morgan fingerprint density at radius 3 is 2.59 bits per heavy atom. The van der Waals surface area contributed by atoms with Crippen LogP contribution in [0.4, 0.5) is 0 Å². The Labute approximate surface area is 130 Å². The number of benzene rings is 2. The Kier molecular flexibility index (Phi) is 4.39. The number of aryl methyl sites for hydroxylation is 1. The number of hydrogen-bond donors (Lipinski definition) is 1. The number of aromatic nitrogens is 2. The number of rotatable bonds is 6. The van der Waals surface area contributed by atoms with Crippen molar-refractivity contribution in [2.45, 2.75) is 19.4 Å². The van der Waals surface area contributed by atoms with E-state index in [2.05, 4.69) is 22.8 Å². The molecule has 0 aliphatic carbocycles. The van der Waals surface area contributed by atoms with E-state index in [4.69, 9.17) is 14.8 Å². The molecule has 114 valence electrons. The SMILES string of the molecule is COc1ccc(Cn2c(CCCO)nc3ccccc32)cc1. The Hall–Kier alpha value is -2.33. The maximum atomic E-state index is 9.09. The Bertz CT molecular complexity index is 747. The lowest BCUT2D eigenvalue weighted by molar-refractivity contribution is 0.287. The highest BCUT2D eigenvalue weighted by atomic mass is 16.5. The number of hydrogen-bond acceptors (Lipinski definition) is 3. The molecule has 0 unspecified atom stereocenters. The van der Waals surface area contributed by atoms with Crippen LogP contribution in [0, 0.1) is 0 Å². The molecule has 0 aliphatic heterocycles. The molecule has 0 amide bonds. The molecule has 0 bridgehead atoms. The van der Waals surface area contributed by atoms with Gasteiger partial charge in [-0.05, 0) is 36.2 Å². The van der Waals surface area contributed by atoms with Gasteiger partial charge in [-0.3, -0.25) is 0 Å². The van der Waals surface area contributed by atoms with Crippen LogP contribution in [0.5, 0.6) is 5.75 Å². The molecule has 0 saturated carbocycles. The zero-order chi connectivity index (χ0) is 15.4. The van der Waals surface area contributed by atoms with Gasteiger partial charge in [0.25, 0.3) is 0 Å². The molecule has 3 rings (SSSR count). The van der Waals surface area contributed by atoms with Crippen LogP contribution in [-0.4, -0.2) is 28.4 Å². The summed E-state index contributed by atoms with van der Waals surface area (Å²) in [6.45, 7) is 0.955. The third-order valence-electron chi connectivity index (χ3n) is 3.79. The summed E-state index contributed by atoms with van der Waals surface area (Å²) >= 11 is 0. The van der Waals surface area contributed by atoms with Crippen LogP contribution in [0.25, 0.3) is 11.0 Å². The average Bonchev–Trinajstić information content (AvgIpc) is 2.91. The predicted octanol–water partition coefficient (Wildman–Crippen LogP) is 3.02. The van der Waals surface area contributed by atoms with E-state index < -0.39 is 0 Å². The molecule has 4 heteroatoms. The molecule has 1 N–H and O–H groups in total. The normalized spacial score (nSPS) is 11.0. The van der Waals surface area contributed by atoms with Crippen molar-refractivity contribution in [3.63, 3.8) is 0 Å². The molecular weight excluding hydrogens is 276 g/mol. The molecule has 0 aliphatic rings. The number of para-hydroxylation sites is 2. The summed E-state index contributed by atoms with van der Waals surface area (Å²) in [7, 11) is 1.67. The van der Waals surface area contributed by atoms with Crippen molar-refractivity contribution in [3.05, 3.63) is 59.9 Å². The average molecular weight is 296 g/mol. The summed E-state index contributed by atoms with van der Waals surface area (Å²) in [4.78, 5) is 4.71. The highest BCUT2D eigenvalue weighted by Crippen LogP contribution is 2.20. The molecule has 0 spiro atoms. The number of nitrogens with zero attached hydrogens (tertiary/aromatic N) is 2. The van der Waals surface area contributed by atoms with Crippen molar-refractivity contribution < 1.29 is 9.84 Å². The monoisotopic (exact) mass is 296 g/mol. The van der Waals surface area contributed by atoms with Crippen molar-refractivity contribution in [2.24, 2.45) is 0 Å². The first-order chi connectivity index (χ1) is 10.8. The van der Waals surface area contributed by atoms with Crippen molar-refractivity contribution >= 4 is 11.0 Å². The zero-order valence-corrected chi connectivity index (χ0v) is 12.7. The van der Waals surface area contributed by atoms with E-state index in [-0.39, 0.29) is 6.61 Å². The fourth-order valence-electron chi connectivity index (χ4n) is 2.64. The lowest BCUT2D eigenvalue weighted by Gasteiger charge is -2.10. The van der Waals surface area contributed by atoms with Gasteiger partial charge >= 0.3 is 0 Å².